The molecule has 0 fully saturated rings. The number of halogens is 1. The molecule has 0 aliphatic carbocycles. The van der Waals surface area contributed by atoms with Crippen LogP contribution in [0.5, 0.6) is 0 Å². The highest BCUT2D eigenvalue weighted by atomic mass is 79.9. The molecule has 0 saturated carbocycles. The third-order valence-corrected chi connectivity index (χ3v) is 1.94. The van der Waals surface area contributed by atoms with E-state index in [9.17, 15) is 0 Å². The maximum absolute atomic E-state index is 4.42. The molecule has 70 valence electrons. The first kappa shape index (κ1) is 10.5. The molecule has 0 aromatic heterocycles. The normalized spacial score (nSPS) is 12.3. The van der Waals surface area contributed by atoms with Crippen molar-refractivity contribution >= 4 is 22.1 Å². The van der Waals surface area contributed by atoms with Gasteiger partial charge in [-0.05, 0) is 38.5 Å². The summed E-state index contributed by atoms with van der Waals surface area (Å²) in [5, 5.41) is 0. The summed E-state index contributed by atoms with van der Waals surface area (Å²) in [5.74, 6) is 0. The fourth-order valence-corrected chi connectivity index (χ4v) is 1.27. The monoisotopic (exact) mass is 239 g/mol. The van der Waals surface area contributed by atoms with E-state index in [-0.39, 0.29) is 5.54 Å². The highest BCUT2D eigenvalue weighted by molar-refractivity contribution is 9.10. The second kappa shape index (κ2) is 4.05. The Bertz CT molecular complexity index is 310. The van der Waals surface area contributed by atoms with Gasteiger partial charge in [-0.25, -0.2) is 0 Å². The van der Waals surface area contributed by atoms with Crippen molar-refractivity contribution in [2.75, 3.05) is 0 Å². The van der Waals surface area contributed by atoms with E-state index in [0.717, 1.165) is 10.0 Å². The van der Waals surface area contributed by atoms with E-state index in [1.807, 2.05) is 24.4 Å². The molecule has 1 aromatic rings. The van der Waals surface area contributed by atoms with Gasteiger partial charge in [0.05, 0.1) is 5.54 Å². The number of rotatable bonds is 1. The number of nitrogens with zero attached hydrogens (tertiary/aromatic N) is 1. The van der Waals surface area contributed by atoms with Crippen molar-refractivity contribution in [3.63, 3.8) is 0 Å². The standard InChI is InChI=1S/C11H14BrN/c1-11(2,3)13-8-9-5-4-6-10(12)7-9/h4-8H,1-3H3. The van der Waals surface area contributed by atoms with Crippen molar-refractivity contribution in [3.8, 4) is 0 Å². The fraction of sp³-hybridized carbons (Fsp3) is 0.364. The molecule has 0 heterocycles. The maximum Gasteiger partial charge on any atom is 0.0524 e. The number of benzene rings is 1. The summed E-state index contributed by atoms with van der Waals surface area (Å²) in [5.41, 5.74) is 1.13. The van der Waals surface area contributed by atoms with E-state index < -0.39 is 0 Å². The molecule has 0 bridgehead atoms. The first-order chi connectivity index (χ1) is 5.97. The van der Waals surface area contributed by atoms with Crippen LogP contribution in [0.1, 0.15) is 26.3 Å². The average Bonchev–Trinajstić information content (AvgIpc) is 2.00. The minimum Gasteiger partial charge on any atom is -0.287 e. The summed E-state index contributed by atoms with van der Waals surface area (Å²) < 4.78 is 1.09. The predicted octanol–water partition coefficient (Wildman–Crippen LogP) is 3.67. The molecule has 0 unspecified atom stereocenters. The van der Waals surface area contributed by atoms with Gasteiger partial charge >= 0.3 is 0 Å². The highest BCUT2D eigenvalue weighted by Crippen LogP contribution is 2.11. The van der Waals surface area contributed by atoms with Crippen molar-refractivity contribution in [2.45, 2.75) is 26.3 Å². The second-order valence-electron chi connectivity index (χ2n) is 3.98. The van der Waals surface area contributed by atoms with Crippen molar-refractivity contribution in [1.82, 2.24) is 0 Å². The minimum absolute atomic E-state index is 0.00230. The smallest absolute Gasteiger partial charge is 0.0524 e. The lowest BCUT2D eigenvalue weighted by atomic mass is 10.1. The van der Waals surface area contributed by atoms with Crippen LogP contribution in [-0.2, 0) is 0 Å². The Morgan fingerprint density at radius 2 is 2.00 bits per heavy atom. The molecule has 0 amide bonds. The molecule has 1 nitrogen and oxygen atoms in total. The molecule has 0 radical (unpaired) electrons. The summed E-state index contributed by atoms with van der Waals surface area (Å²) in [6.07, 6.45) is 1.91. The Kier molecular flexibility index (Phi) is 3.26. The SMILES string of the molecule is CC(C)(C)N=Cc1cccc(Br)c1. The third kappa shape index (κ3) is 4.23. The second-order valence-corrected chi connectivity index (χ2v) is 4.90. The van der Waals surface area contributed by atoms with E-state index in [0.29, 0.717) is 0 Å². The lowest BCUT2D eigenvalue weighted by Crippen LogP contribution is -2.09. The Morgan fingerprint density at radius 3 is 2.54 bits per heavy atom. The average molecular weight is 240 g/mol. The summed E-state index contributed by atoms with van der Waals surface area (Å²) in [6.45, 7) is 6.25. The van der Waals surface area contributed by atoms with Gasteiger partial charge in [0, 0.05) is 10.7 Å². The molecular formula is C11H14BrN. The van der Waals surface area contributed by atoms with Crippen LogP contribution in [0, 0.1) is 0 Å². The van der Waals surface area contributed by atoms with Gasteiger partial charge in [-0.15, -0.1) is 0 Å². The summed E-state index contributed by atoms with van der Waals surface area (Å²) in [4.78, 5) is 4.42. The van der Waals surface area contributed by atoms with Gasteiger partial charge in [0.2, 0.25) is 0 Å². The van der Waals surface area contributed by atoms with Crippen molar-refractivity contribution < 1.29 is 0 Å². The Morgan fingerprint density at radius 1 is 1.31 bits per heavy atom. The van der Waals surface area contributed by atoms with Gasteiger partial charge in [-0.3, -0.25) is 4.99 Å². The van der Waals surface area contributed by atoms with Crippen LogP contribution in [-0.4, -0.2) is 11.8 Å². The fourth-order valence-electron chi connectivity index (χ4n) is 0.855. The van der Waals surface area contributed by atoms with Crippen molar-refractivity contribution in [2.24, 2.45) is 4.99 Å². The van der Waals surface area contributed by atoms with Gasteiger partial charge in [0.15, 0.2) is 0 Å². The molecule has 0 spiro atoms. The molecular weight excluding hydrogens is 226 g/mol. The quantitative estimate of drug-likeness (QED) is 0.664. The molecule has 1 aromatic carbocycles. The largest absolute Gasteiger partial charge is 0.287 e. The van der Waals surface area contributed by atoms with Crippen LogP contribution < -0.4 is 0 Å². The molecule has 1 rings (SSSR count). The predicted molar refractivity (Wildman–Crippen MR) is 61.5 cm³/mol. The summed E-state index contributed by atoms with van der Waals surface area (Å²) in [7, 11) is 0. The van der Waals surface area contributed by atoms with Crippen LogP contribution >= 0.6 is 15.9 Å². The maximum atomic E-state index is 4.42. The van der Waals surface area contributed by atoms with E-state index in [1.165, 1.54) is 0 Å². The van der Waals surface area contributed by atoms with Gasteiger partial charge < -0.3 is 0 Å². The Hall–Kier alpha value is -0.630. The van der Waals surface area contributed by atoms with E-state index in [1.54, 1.807) is 0 Å². The highest BCUT2D eigenvalue weighted by Gasteiger charge is 2.04. The Balaban J connectivity index is 2.80. The molecule has 0 saturated heterocycles. The van der Waals surface area contributed by atoms with E-state index in [2.05, 4.69) is 47.8 Å². The van der Waals surface area contributed by atoms with Crippen LogP contribution in [0.4, 0.5) is 0 Å². The van der Waals surface area contributed by atoms with Crippen molar-refractivity contribution in [3.05, 3.63) is 34.3 Å². The first-order valence-corrected chi connectivity index (χ1v) is 5.07. The van der Waals surface area contributed by atoms with Gasteiger partial charge in [-0.2, -0.15) is 0 Å². The first-order valence-electron chi connectivity index (χ1n) is 4.28. The third-order valence-electron chi connectivity index (χ3n) is 1.45. The van der Waals surface area contributed by atoms with Crippen LogP contribution in [0.25, 0.3) is 0 Å². The van der Waals surface area contributed by atoms with Gasteiger partial charge in [0.25, 0.3) is 0 Å². The van der Waals surface area contributed by atoms with Gasteiger partial charge in [0.1, 0.15) is 0 Å². The van der Waals surface area contributed by atoms with E-state index >= 15 is 0 Å². The summed E-state index contributed by atoms with van der Waals surface area (Å²) in [6, 6.07) is 8.11. The number of hydrogen-bond donors (Lipinski definition) is 0. The summed E-state index contributed by atoms with van der Waals surface area (Å²) >= 11 is 3.42. The Labute approximate surface area is 88.0 Å². The van der Waals surface area contributed by atoms with Crippen LogP contribution in [0.3, 0.4) is 0 Å². The molecule has 0 aliphatic rings. The van der Waals surface area contributed by atoms with Crippen molar-refractivity contribution in [1.29, 1.82) is 0 Å². The molecule has 0 N–H and O–H groups in total. The van der Waals surface area contributed by atoms with Gasteiger partial charge in [-0.1, -0.05) is 28.1 Å². The number of hydrogen-bond acceptors (Lipinski definition) is 1. The zero-order valence-electron chi connectivity index (χ0n) is 8.21. The topological polar surface area (TPSA) is 12.4 Å². The molecule has 2 heteroatoms. The zero-order chi connectivity index (χ0) is 9.90. The number of aliphatic imine (C=N–C) groups is 1. The molecule has 0 aliphatic heterocycles. The van der Waals surface area contributed by atoms with Crippen LogP contribution in [0.2, 0.25) is 0 Å². The minimum atomic E-state index is 0.00230. The lowest BCUT2D eigenvalue weighted by molar-refractivity contribution is 0.586. The van der Waals surface area contributed by atoms with E-state index in [4.69, 9.17) is 0 Å². The van der Waals surface area contributed by atoms with Crippen LogP contribution in [0.15, 0.2) is 33.7 Å². The molecule has 13 heavy (non-hydrogen) atoms. The zero-order valence-corrected chi connectivity index (χ0v) is 9.80. The lowest BCUT2D eigenvalue weighted by Gasteiger charge is -2.10. The molecule has 0 atom stereocenters.